The Balaban J connectivity index is 1.20. The molecule has 0 amide bonds. The summed E-state index contributed by atoms with van der Waals surface area (Å²) in [4.78, 5) is 1.89. The lowest BCUT2D eigenvalue weighted by Crippen LogP contribution is -2.10. The van der Waals surface area contributed by atoms with Crippen molar-refractivity contribution < 1.29 is 14.3 Å². The average Bonchev–Trinajstić information content (AvgIpc) is 3.84. The van der Waals surface area contributed by atoms with Crippen molar-refractivity contribution in [2.75, 3.05) is 4.90 Å². The smallest absolute Gasteiger partial charge is 0.143 e. The van der Waals surface area contributed by atoms with Crippen molar-refractivity contribution in [2.45, 2.75) is 0 Å². The lowest BCUT2D eigenvalue weighted by Gasteiger charge is -2.27. The van der Waals surface area contributed by atoms with Crippen LogP contribution in [0, 0.1) is 0 Å². The van der Waals surface area contributed by atoms with E-state index in [2.05, 4.69) is 66.7 Å². The van der Waals surface area contributed by atoms with E-state index < -0.39 is 0 Å². The highest BCUT2D eigenvalue weighted by Crippen LogP contribution is 2.46. The highest BCUT2D eigenvalue weighted by molar-refractivity contribution is 6.19. The first kappa shape index (κ1) is 25.8. The van der Waals surface area contributed by atoms with Crippen molar-refractivity contribution in [1.29, 1.82) is 0 Å². The summed E-state index contributed by atoms with van der Waals surface area (Å²) in [5.41, 5.74) is 7.05. The van der Waals surface area contributed by atoms with E-state index >= 15 is 0 Å². The summed E-state index contributed by atoms with van der Waals surface area (Å²) in [6.45, 7) is 0. The number of rotatable bonds is 5. The van der Waals surface area contributed by atoms with E-state index in [1.807, 2.05) is 102 Å². The molecule has 0 bridgehead atoms. The maximum Gasteiger partial charge on any atom is 0.143 e. The van der Waals surface area contributed by atoms with Crippen LogP contribution < -0.4 is 4.90 Å². The number of para-hydroxylation sites is 2. The SMILES string of the molecule is [2H]c1c([2H])c(-c2cccc3c2oc2ccccc23)c([2H])c(N(c2ccc(-c3cccc4ccccc34)cc2)c2cccc3oc4c5ccccc5ccc4c23)c1[2H]. The van der Waals surface area contributed by atoms with E-state index in [1.54, 1.807) is 0 Å². The summed E-state index contributed by atoms with van der Waals surface area (Å²) < 4.78 is 51.0. The van der Waals surface area contributed by atoms with Crippen molar-refractivity contribution in [3.05, 3.63) is 188 Å². The summed E-state index contributed by atoms with van der Waals surface area (Å²) >= 11 is 0. The van der Waals surface area contributed by atoms with Gasteiger partial charge in [-0.2, -0.15) is 0 Å². The van der Waals surface area contributed by atoms with Gasteiger partial charge < -0.3 is 13.7 Å². The number of fused-ring (bicyclic) bond motifs is 9. The van der Waals surface area contributed by atoms with Crippen LogP contribution in [-0.4, -0.2) is 0 Å². The maximum absolute atomic E-state index is 9.98. The van der Waals surface area contributed by atoms with Crippen LogP contribution in [0.4, 0.5) is 17.1 Å². The van der Waals surface area contributed by atoms with Crippen LogP contribution in [0.1, 0.15) is 5.48 Å². The topological polar surface area (TPSA) is 29.5 Å². The van der Waals surface area contributed by atoms with Crippen molar-refractivity contribution in [3.8, 4) is 22.3 Å². The highest BCUT2D eigenvalue weighted by Gasteiger charge is 2.21. The molecule has 248 valence electrons. The molecule has 0 radical (unpaired) electrons. The second-order valence-electron chi connectivity index (χ2n) is 13.3. The molecule has 11 aromatic rings. The van der Waals surface area contributed by atoms with Gasteiger partial charge in [0, 0.05) is 38.5 Å². The summed E-state index contributed by atoms with van der Waals surface area (Å²) in [5.74, 6) is 0. The van der Waals surface area contributed by atoms with E-state index in [0.717, 1.165) is 59.8 Å². The Hall–Kier alpha value is -7.10. The van der Waals surface area contributed by atoms with E-state index in [9.17, 15) is 5.48 Å². The molecule has 0 N–H and O–H groups in total. The molecule has 0 unspecified atom stereocenters. The van der Waals surface area contributed by atoms with Gasteiger partial charge in [0.05, 0.1) is 16.6 Å². The lowest BCUT2D eigenvalue weighted by molar-refractivity contribution is 0.670. The van der Waals surface area contributed by atoms with Gasteiger partial charge in [-0.3, -0.25) is 0 Å². The summed E-state index contributed by atoms with van der Waals surface area (Å²) in [6.07, 6.45) is 0. The predicted octanol–water partition coefficient (Wildman–Crippen LogP) is 14.6. The monoisotopic (exact) mass is 681 g/mol. The Labute approximate surface area is 311 Å². The first-order valence-corrected chi connectivity index (χ1v) is 17.7. The van der Waals surface area contributed by atoms with Gasteiger partial charge in [0.1, 0.15) is 22.3 Å². The zero-order valence-corrected chi connectivity index (χ0v) is 28.4. The van der Waals surface area contributed by atoms with Crippen molar-refractivity contribution in [3.63, 3.8) is 0 Å². The van der Waals surface area contributed by atoms with Crippen molar-refractivity contribution >= 4 is 82.5 Å². The largest absolute Gasteiger partial charge is 0.455 e. The van der Waals surface area contributed by atoms with Gasteiger partial charge in [0.15, 0.2) is 0 Å². The normalized spacial score (nSPS) is 12.8. The summed E-state index contributed by atoms with van der Waals surface area (Å²) in [6, 6.07) is 53.6. The number of anilines is 3. The third-order valence-corrected chi connectivity index (χ3v) is 10.3. The second kappa shape index (κ2) is 11.7. The van der Waals surface area contributed by atoms with Gasteiger partial charge >= 0.3 is 0 Å². The van der Waals surface area contributed by atoms with Crippen LogP contribution in [0.25, 0.3) is 87.7 Å². The standard InChI is InChI=1S/C50H31NO2/c1-3-16-38-32(11-1)13-8-19-39(38)34-25-28-36(29-26-34)51(45-22-10-24-47-48(45)44-30-27-33-12-2-4-17-40(33)50(44)53-47)37-15-7-14-35(31-37)41-20-9-21-43-42-18-5-6-23-46(42)52-49(41)43/h1-31H/i7D,14D,15D,31D. The Morgan fingerprint density at radius 3 is 1.96 bits per heavy atom. The maximum atomic E-state index is 9.98. The molecular formula is C50H31NO2. The molecule has 0 aliphatic rings. The average molecular weight is 682 g/mol. The minimum Gasteiger partial charge on any atom is -0.455 e. The molecule has 2 heterocycles. The fourth-order valence-electron chi connectivity index (χ4n) is 7.90. The molecule has 0 aliphatic heterocycles. The molecule has 0 atom stereocenters. The van der Waals surface area contributed by atoms with Crippen LogP contribution in [0.5, 0.6) is 0 Å². The van der Waals surface area contributed by atoms with Crippen LogP contribution >= 0.6 is 0 Å². The van der Waals surface area contributed by atoms with Crippen LogP contribution in [0.3, 0.4) is 0 Å². The predicted molar refractivity (Wildman–Crippen MR) is 222 cm³/mol. The van der Waals surface area contributed by atoms with Gasteiger partial charge in [-0.1, -0.05) is 139 Å². The first-order valence-electron chi connectivity index (χ1n) is 19.7. The van der Waals surface area contributed by atoms with Gasteiger partial charge in [0.25, 0.3) is 0 Å². The van der Waals surface area contributed by atoms with Crippen LogP contribution in [-0.2, 0) is 0 Å². The number of hydrogen-bond acceptors (Lipinski definition) is 3. The lowest BCUT2D eigenvalue weighted by atomic mass is 9.97. The molecule has 2 aromatic heterocycles. The first-order chi connectivity index (χ1) is 28.0. The Bertz CT molecular complexity index is 3410. The van der Waals surface area contributed by atoms with Gasteiger partial charge in [0.2, 0.25) is 0 Å². The molecule has 0 aliphatic carbocycles. The summed E-state index contributed by atoms with van der Waals surface area (Å²) in [5, 5.41) is 7.82. The minimum absolute atomic E-state index is 0.0534. The van der Waals surface area contributed by atoms with E-state index in [4.69, 9.17) is 8.83 Å². The Morgan fingerprint density at radius 2 is 1.08 bits per heavy atom. The van der Waals surface area contributed by atoms with Gasteiger partial charge in [-0.25, -0.2) is 0 Å². The van der Waals surface area contributed by atoms with E-state index in [1.165, 1.54) is 0 Å². The van der Waals surface area contributed by atoms with E-state index in [-0.39, 0.29) is 35.4 Å². The Kier molecular flexibility index (Phi) is 5.71. The minimum atomic E-state index is -0.281. The number of benzene rings is 9. The van der Waals surface area contributed by atoms with Gasteiger partial charge in [-0.15, -0.1) is 0 Å². The fourth-order valence-corrected chi connectivity index (χ4v) is 7.90. The third kappa shape index (κ3) is 4.68. The van der Waals surface area contributed by atoms with Crippen molar-refractivity contribution in [1.82, 2.24) is 0 Å². The fraction of sp³-hybridized carbons (Fsp3) is 0. The molecule has 0 saturated heterocycles. The number of furan rings is 2. The van der Waals surface area contributed by atoms with E-state index in [0.29, 0.717) is 33.7 Å². The third-order valence-electron chi connectivity index (χ3n) is 10.3. The zero-order valence-electron chi connectivity index (χ0n) is 32.4. The zero-order chi connectivity index (χ0) is 38.4. The molecule has 11 rings (SSSR count). The van der Waals surface area contributed by atoms with Crippen LogP contribution in [0.15, 0.2) is 197 Å². The number of nitrogens with zero attached hydrogens (tertiary/aromatic N) is 1. The molecule has 9 aromatic carbocycles. The quantitative estimate of drug-likeness (QED) is 0.181. The van der Waals surface area contributed by atoms with Crippen molar-refractivity contribution in [2.24, 2.45) is 0 Å². The molecule has 3 heteroatoms. The Morgan fingerprint density at radius 1 is 0.415 bits per heavy atom. The molecule has 0 spiro atoms. The highest BCUT2D eigenvalue weighted by atomic mass is 16.3. The number of hydrogen-bond donors (Lipinski definition) is 0. The molecule has 3 nitrogen and oxygen atoms in total. The molecule has 0 saturated carbocycles. The second-order valence-corrected chi connectivity index (χ2v) is 13.3. The summed E-state index contributed by atoms with van der Waals surface area (Å²) in [7, 11) is 0. The molecule has 0 fully saturated rings. The van der Waals surface area contributed by atoms with Crippen LogP contribution in [0.2, 0.25) is 0 Å². The molecule has 53 heavy (non-hydrogen) atoms. The molecular weight excluding hydrogens is 647 g/mol. The van der Waals surface area contributed by atoms with Gasteiger partial charge in [-0.05, 0) is 81.3 Å².